The molecule has 10 rings (SSSR count). The van der Waals surface area contributed by atoms with E-state index >= 15 is 0 Å². The molecule has 1 spiro atoms. The third kappa shape index (κ3) is 0.211. The summed E-state index contributed by atoms with van der Waals surface area (Å²) in [5.41, 5.74) is 0. The van der Waals surface area contributed by atoms with Gasteiger partial charge in [0, 0.05) is 0 Å². The topological polar surface area (TPSA) is 0 Å². The Morgan fingerprint density at radius 2 is 1.16 bits per heavy atom. The van der Waals surface area contributed by atoms with Gasteiger partial charge in [-0.3, -0.25) is 0 Å². The van der Waals surface area contributed by atoms with Gasteiger partial charge in [0.25, 0.3) is 0 Å². The van der Waals surface area contributed by atoms with Crippen molar-refractivity contribution >= 4 is 16.0 Å². The van der Waals surface area contributed by atoms with Crippen molar-refractivity contribution in [1.82, 2.24) is 0 Å². The Morgan fingerprint density at radius 1 is 0.760 bits per heavy atom. The third-order valence-electron chi connectivity index (χ3n) is 18.3. The first-order valence-electron chi connectivity index (χ1n) is 11.0. The second-order valence-corrected chi connectivity index (χ2v) is 50.1. The SMILES string of the molecule is CC(C)(C)P(C[C]12[CH]3[CH]4[CH]5[CH]1[Fe]45321678[CH]2[CH]1[CH]6[C]7([Si](C)(C)C)[CH]28)C(C)(C)C. The summed E-state index contributed by atoms with van der Waals surface area (Å²) in [6, 6.07) is 0. The molecule has 8 atom stereocenters. The molecule has 25 heavy (non-hydrogen) atoms. The molecule has 0 N–H and O–H groups in total. The molecule has 10 fully saturated rings. The van der Waals surface area contributed by atoms with Crippen molar-refractivity contribution in [3.8, 4) is 0 Å². The molecule has 0 amide bonds. The second kappa shape index (κ2) is 1.35. The average molecular weight is 416 g/mol. The van der Waals surface area contributed by atoms with E-state index in [0.717, 1.165) is 4.31 Å². The first kappa shape index (κ1) is 13.4. The van der Waals surface area contributed by atoms with Crippen molar-refractivity contribution in [2.45, 2.75) is 118 Å². The first-order chi connectivity index (χ1) is 11.0. The maximum absolute atomic E-state index is 3.15. The summed E-state index contributed by atoms with van der Waals surface area (Å²) in [6.07, 6.45) is 1.78. The second-order valence-electron chi connectivity index (χ2n) is 17.1. The van der Waals surface area contributed by atoms with Crippen LogP contribution in [0.5, 0.6) is 0 Å². The maximum atomic E-state index is 2.85. The predicted octanol–water partition coefficient (Wildman–Crippen LogP) is 8.07. The molecule has 0 bridgehead atoms. The summed E-state index contributed by atoms with van der Waals surface area (Å²) in [6.45, 7) is 21.0. The molecular formula is C22H37FePSi. The van der Waals surface area contributed by atoms with E-state index < -0.39 is 14.6 Å². The fourth-order valence-electron chi connectivity index (χ4n) is 21.3. The molecule has 142 valence electrons. The number of hydrogen-bond acceptors (Lipinski definition) is 0. The Kier molecular flexibility index (Phi) is 0.726. The molecule has 0 aromatic rings. The van der Waals surface area contributed by atoms with E-state index in [4.69, 9.17) is 0 Å². The van der Waals surface area contributed by atoms with Gasteiger partial charge in [-0.25, -0.2) is 0 Å². The van der Waals surface area contributed by atoms with Crippen LogP contribution in [0, 0.1) is 0 Å². The van der Waals surface area contributed by atoms with E-state index in [9.17, 15) is 0 Å². The van der Waals surface area contributed by atoms with Gasteiger partial charge in [0.05, 0.1) is 0 Å². The molecule has 8 unspecified atom stereocenters. The van der Waals surface area contributed by atoms with Gasteiger partial charge in [-0.05, 0) is 0 Å². The van der Waals surface area contributed by atoms with Crippen molar-refractivity contribution in [3.05, 3.63) is 0 Å². The van der Waals surface area contributed by atoms with Crippen LogP contribution < -0.4 is 0 Å². The van der Waals surface area contributed by atoms with Crippen LogP contribution in [0.1, 0.15) is 41.5 Å². The van der Waals surface area contributed by atoms with Gasteiger partial charge in [0.2, 0.25) is 0 Å². The van der Waals surface area contributed by atoms with Crippen LogP contribution in [0.4, 0.5) is 0 Å². The molecule has 0 nitrogen and oxygen atoms in total. The van der Waals surface area contributed by atoms with E-state index in [1.54, 1.807) is 6.16 Å². The van der Waals surface area contributed by atoms with Crippen LogP contribution in [0.3, 0.4) is 0 Å². The van der Waals surface area contributed by atoms with Crippen molar-refractivity contribution in [2.24, 2.45) is 0 Å². The van der Waals surface area contributed by atoms with E-state index in [1.165, 1.54) is 42.5 Å². The predicted molar refractivity (Wildman–Crippen MR) is 110 cm³/mol. The minimum absolute atomic E-state index is 0.143. The van der Waals surface area contributed by atoms with Crippen LogP contribution in [-0.4, -0.2) is 24.5 Å². The normalized spacial score (nSPS) is 90.3. The van der Waals surface area contributed by atoms with Gasteiger partial charge in [0.1, 0.15) is 0 Å². The molecule has 3 heteroatoms. The quantitative estimate of drug-likeness (QED) is 0.322. The summed E-state index contributed by atoms with van der Waals surface area (Å²) < 4.78 is 2.29. The summed E-state index contributed by atoms with van der Waals surface area (Å²) in [7, 11) is -0.841. The molecule has 0 aromatic heterocycles. The minimum atomic E-state index is -3.15. The zero-order chi connectivity index (χ0) is 17.7. The Labute approximate surface area is 146 Å². The monoisotopic (exact) mass is 416 g/mol. The van der Waals surface area contributed by atoms with Gasteiger partial charge >= 0.3 is 147 Å². The van der Waals surface area contributed by atoms with Crippen molar-refractivity contribution in [3.63, 3.8) is 0 Å². The molecule has 0 saturated carbocycles. The van der Waals surface area contributed by atoms with Gasteiger partial charge in [-0.2, -0.15) is 0 Å². The van der Waals surface area contributed by atoms with Crippen LogP contribution in [0.2, 0.25) is 66.4 Å². The van der Waals surface area contributed by atoms with Crippen LogP contribution in [-0.2, 0) is 6.51 Å². The van der Waals surface area contributed by atoms with Crippen molar-refractivity contribution in [1.29, 1.82) is 0 Å². The van der Waals surface area contributed by atoms with Crippen molar-refractivity contribution < 1.29 is 6.51 Å². The molecule has 10 saturated heterocycles. The van der Waals surface area contributed by atoms with Crippen LogP contribution in [0.25, 0.3) is 0 Å². The molecule has 10 aliphatic rings. The molecule has 10 heterocycles. The van der Waals surface area contributed by atoms with Gasteiger partial charge in [-0.15, -0.1) is 0 Å². The fourth-order valence-corrected chi connectivity index (χ4v) is 132. The molecule has 0 aromatic carbocycles. The van der Waals surface area contributed by atoms with Crippen molar-refractivity contribution in [2.75, 3.05) is 6.16 Å². The molecule has 0 radical (unpaired) electrons. The average Bonchev–Trinajstić information content (AvgIpc) is 3.34. The van der Waals surface area contributed by atoms with Crippen LogP contribution >= 0.6 is 7.92 Å². The van der Waals surface area contributed by atoms with Gasteiger partial charge in [-0.1, -0.05) is 0 Å². The van der Waals surface area contributed by atoms with E-state index in [-0.39, 0.29) is 7.92 Å². The third-order valence-corrected chi connectivity index (χ3v) is 75.3. The summed E-state index contributed by atoms with van der Waals surface area (Å²) in [5, 5.41) is 1.11. The standard InChI is InChI=1S/C14H24P.C8H13Si.Fe/c1-13(2,3)15(14(4,5)6)11-12-9-7-8-10-12;1-9(2,3)8-6-4-5-7-8;/h7-10H,11H2,1-6H3;4-7H,1-3H3;. The summed E-state index contributed by atoms with van der Waals surface area (Å²) >= 11 is 0. The summed E-state index contributed by atoms with van der Waals surface area (Å²) in [5.74, 6) is 0. The Balaban J connectivity index is 1.29. The molecular weight excluding hydrogens is 379 g/mol. The Bertz CT molecular complexity index is 1220. The van der Waals surface area contributed by atoms with Crippen LogP contribution in [0.15, 0.2) is 0 Å². The van der Waals surface area contributed by atoms with E-state index in [0.29, 0.717) is 10.3 Å². The molecule has 0 aliphatic carbocycles. The van der Waals surface area contributed by atoms with E-state index in [1.807, 2.05) is 0 Å². The Hall–Kier alpha value is 1.17. The first-order valence-corrected chi connectivity index (χ1v) is 22.2. The zero-order valence-corrected chi connectivity index (χ0v) is 20.6. The van der Waals surface area contributed by atoms with E-state index in [2.05, 4.69) is 61.2 Å². The van der Waals surface area contributed by atoms with Gasteiger partial charge < -0.3 is 0 Å². The molecule has 10 aliphatic heterocycles. The fraction of sp³-hybridized carbons (Fsp3) is 1.00. The number of fused-ring (bicyclic) bond motifs is 10. The van der Waals surface area contributed by atoms with Gasteiger partial charge in [0.15, 0.2) is 0 Å². The zero-order valence-electron chi connectivity index (χ0n) is 17.6. The summed E-state index contributed by atoms with van der Waals surface area (Å²) in [4.78, 5) is 11.9. The number of hydrogen-bond donors (Lipinski definition) is 0. The Morgan fingerprint density at radius 3 is 1.40 bits per heavy atom. The number of rotatable bonds is 3.